The third-order valence-corrected chi connectivity index (χ3v) is 5.42. The van der Waals surface area contributed by atoms with Crippen LogP contribution in [0.3, 0.4) is 0 Å². The van der Waals surface area contributed by atoms with E-state index in [1.165, 1.54) is 4.90 Å². The topological polar surface area (TPSA) is 248 Å². The van der Waals surface area contributed by atoms with Crippen LogP contribution in [0.15, 0.2) is 0 Å². The van der Waals surface area contributed by atoms with E-state index in [2.05, 4.69) is 10.6 Å². The van der Waals surface area contributed by atoms with Gasteiger partial charge in [-0.1, -0.05) is 0 Å². The van der Waals surface area contributed by atoms with E-state index in [0.717, 1.165) is 0 Å². The minimum atomic E-state index is -1.36. The number of primary amides is 1. The lowest BCUT2D eigenvalue weighted by Crippen LogP contribution is -2.57. The van der Waals surface area contributed by atoms with E-state index in [9.17, 15) is 33.9 Å². The molecular weight excluding hydrogens is 452 g/mol. The molecule has 1 aliphatic rings. The first kappa shape index (κ1) is 28.8. The molecule has 4 unspecified atom stereocenters. The minimum absolute atomic E-state index is 0.172. The SMILES string of the molecule is NCCCCC(NC(=O)C(CCC(=O)O)NC(=O)C(N)CC(N)=O)C(=O)N1CCCC1C(=O)O. The molecule has 0 aromatic rings. The number of hydrogen-bond acceptors (Lipinski definition) is 8. The summed E-state index contributed by atoms with van der Waals surface area (Å²) in [5.74, 6) is -5.50. The Kier molecular flexibility index (Phi) is 11.9. The number of carboxylic acids is 2. The lowest BCUT2D eigenvalue weighted by atomic mass is 10.0. The maximum Gasteiger partial charge on any atom is 0.326 e. The minimum Gasteiger partial charge on any atom is -0.481 e. The average Bonchev–Trinajstić information content (AvgIpc) is 3.25. The van der Waals surface area contributed by atoms with Crippen LogP contribution in [0.4, 0.5) is 0 Å². The van der Waals surface area contributed by atoms with Gasteiger partial charge in [-0.25, -0.2) is 4.79 Å². The zero-order valence-corrected chi connectivity index (χ0v) is 18.9. The van der Waals surface area contributed by atoms with Crippen molar-refractivity contribution in [1.29, 1.82) is 0 Å². The largest absolute Gasteiger partial charge is 0.481 e. The van der Waals surface area contributed by atoms with Crippen LogP contribution in [0, 0.1) is 0 Å². The predicted octanol–water partition coefficient (Wildman–Crippen LogP) is -2.77. The van der Waals surface area contributed by atoms with Gasteiger partial charge in [0, 0.05) is 13.0 Å². The summed E-state index contributed by atoms with van der Waals surface area (Å²) in [5.41, 5.74) is 16.1. The molecule has 1 aliphatic heterocycles. The quantitative estimate of drug-likeness (QED) is 0.117. The fourth-order valence-corrected chi connectivity index (χ4v) is 3.63. The molecule has 34 heavy (non-hydrogen) atoms. The highest BCUT2D eigenvalue weighted by molar-refractivity contribution is 5.95. The number of carboxylic acid groups (broad SMARTS) is 2. The van der Waals surface area contributed by atoms with Crippen molar-refractivity contribution in [3.05, 3.63) is 0 Å². The van der Waals surface area contributed by atoms with E-state index in [-0.39, 0.29) is 19.4 Å². The van der Waals surface area contributed by atoms with E-state index >= 15 is 0 Å². The number of nitrogens with zero attached hydrogens (tertiary/aromatic N) is 1. The fraction of sp³-hybridized carbons (Fsp3) is 0.700. The Labute approximate surface area is 196 Å². The molecule has 1 heterocycles. The number of nitrogens with one attached hydrogen (secondary N) is 2. The summed E-state index contributed by atoms with van der Waals surface area (Å²) in [6.45, 7) is 0.575. The van der Waals surface area contributed by atoms with Crippen LogP contribution in [0.5, 0.6) is 0 Å². The third-order valence-electron chi connectivity index (χ3n) is 5.42. The van der Waals surface area contributed by atoms with Crippen LogP contribution >= 0.6 is 0 Å². The lowest BCUT2D eigenvalue weighted by Gasteiger charge is -2.29. The molecule has 14 nitrogen and oxygen atoms in total. The van der Waals surface area contributed by atoms with Gasteiger partial charge in [0.15, 0.2) is 0 Å². The first-order chi connectivity index (χ1) is 16.0. The van der Waals surface area contributed by atoms with Gasteiger partial charge < -0.3 is 42.9 Å². The number of hydrogen-bond donors (Lipinski definition) is 7. The Morgan fingerprint density at radius 2 is 1.62 bits per heavy atom. The molecule has 0 saturated carbocycles. The van der Waals surface area contributed by atoms with Crippen molar-refractivity contribution >= 4 is 35.6 Å². The zero-order valence-electron chi connectivity index (χ0n) is 18.9. The highest BCUT2D eigenvalue weighted by Gasteiger charge is 2.38. The van der Waals surface area contributed by atoms with Crippen molar-refractivity contribution in [2.24, 2.45) is 17.2 Å². The highest BCUT2D eigenvalue weighted by Crippen LogP contribution is 2.20. The van der Waals surface area contributed by atoms with E-state index in [1.54, 1.807) is 0 Å². The maximum absolute atomic E-state index is 13.1. The molecule has 14 heteroatoms. The van der Waals surface area contributed by atoms with Crippen LogP contribution in [0.2, 0.25) is 0 Å². The molecule has 10 N–H and O–H groups in total. The van der Waals surface area contributed by atoms with Crippen LogP contribution in [0.1, 0.15) is 51.4 Å². The van der Waals surface area contributed by atoms with Crippen LogP contribution in [0.25, 0.3) is 0 Å². The first-order valence-corrected chi connectivity index (χ1v) is 11.1. The molecule has 192 valence electrons. The molecule has 0 aliphatic carbocycles. The van der Waals surface area contributed by atoms with Gasteiger partial charge >= 0.3 is 11.9 Å². The van der Waals surface area contributed by atoms with E-state index in [4.69, 9.17) is 22.3 Å². The molecule has 0 aromatic carbocycles. The molecule has 0 aromatic heterocycles. The molecule has 4 amide bonds. The Balaban J connectivity index is 3.01. The van der Waals surface area contributed by atoms with Crippen molar-refractivity contribution in [2.75, 3.05) is 13.1 Å². The van der Waals surface area contributed by atoms with Crippen molar-refractivity contribution in [1.82, 2.24) is 15.5 Å². The number of carbonyl (C=O) groups is 6. The van der Waals surface area contributed by atoms with Crippen LogP contribution in [-0.2, 0) is 28.8 Å². The Morgan fingerprint density at radius 3 is 2.18 bits per heavy atom. The van der Waals surface area contributed by atoms with Crippen LogP contribution in [-0.4, -0.2) is 87.9 Å². The summed E-state index contributed by atoms with van der Waals surface area (Å²) in [7, 11) is 0. The molecule has 4 atom stereocenters. The van der Waals surface area contributed by atoms with Crippen molar-refractivity contribution < 1.29 is 39.0 Å². The van der Waals surface area contributed by atoms with Gasteiger partial charge in [0.1, 0.15) is 18.1 Å². The molecule has 0 radical (unpaired) electrons. The number of unbranched alkanes of at least 4 members (excludes halogenated alkanes) is 1. The summed E-state index contributed by atoms with van der Waals surface area (Å²) in [4.78, 5) is 73.0. The van der Waals surface area contributed by atoms with Crippen molar-refractivity contribution in [2.45, 2.75) is 75.5 Å². The van der Waals surface area contributed by atoms with Gasteiger partial charge in [-0.3, -0.25) is 24.0 Å². The Hall–Kier alpha value is -3.26. The van der Waals surface area contributed by atoms with E-state index in [0.29, 0.717) is 32.2 Å². The Morgan fingerprint density at radius 1 is 0.971 bits per heavy atom. The number of amides is 4. The summed E-state index contributed by atoms with van der Waals surface area (Å²) in [5, 5.41) is 23.2. The maximum atomic E-state index is 13.1. The Bertz CT molecular complexity index is 776. The normalized spacial score (nSPS) is 17.9. The number of carbonyl (C=O) groups excluding carboxylic acids is 4. The average molecular weight is 487 g/mol. The van der Waals surface area contributed by atoms with E-state index < -0.39 is 72.6 Å². The van der Waals surface area contributed by atoms with Crippen LogP contribution < -0.4 is 27.8 Å². The van der Waals surface area contributed by atoms with Gasteiger partial charge in [0.2, 0.25) is 23.6 Å². The first-order valence-electron chi connectivity index (χ1n) is 11.1. The van der Waals surface area contributed by atoms with Crippen molar-refractivity contribution in [3.8, 4) is 0 Å². The van der Waals surface area contributed by atoms with Crippen molar-refractivity contribution in [3.63, 3.8) is 0 Å². The fourth-order valence-electron chi connectivity index (χ4n) is 3.63. The number of likely N-dealkylation sites (tertiary alicyclic amines) is 1. The molecule has 0 bridgehead atoms. The summed E-state index contributed by atoms with van der Waals surface area (Å²) < 4.78 is 0. The second-order valence-electron chi connectivity index (χ2n) is 8.14. The highest BCUT2D eigenvalue weighted by atomic mass is 16.4. The van der Waals surface area contributed by atoms with Gasteiger partial charge in [-0.05, 0) is 45.1 Å². The van der Waals surface area contributed by atoms with Gasteiger partial charge in [-0.15, -0.1) is 0 Å². The number of aliphatic carboxylic acids is 2. The summed E-state index contributed by atoms with van der Waals surface area (Å²) in [6, 6.07) is -4.81. The second-order valence-corrected chi connectivity index (χ2v) is 8.14. The molecule has 1 fully saturated rings. The number of nitrogens with two attached hydrogens (primary N) is 3. The smallest absolute Gasteiger partial charge is 0.326 e. The third kappa shape index (κ3) is 9.31. The zero-order chi connectivity index (χ0) is 25.8. The molecular formula is C20H34N6O8. The second kappa shape index (κ2) is 14.1. The predicted molar refractivity (Wildman–Crippen MR) is 118 cm³/mol. The summed E-state index contributed by atoms with van der Waals surface area (Å²) in [6.07, 6.45) is 0.735. The monoisotopic (exact) mass is 486 g/mol. The number of rotatable bonds is 15. The van der Waals surface area contributed by atoms with Gasteiger partial charge in [0.05, 0.1) is 12.5 Å². The van der Waals surface area contributed by atoms with Gasteiger partial charge in [-0.2, -0.15) is 0 Å². The summed E-state index contributed by atoms with van der Waals surface area (Å²) >= 11 is 0. The van der Waals surface area contributed by atoms with Gasteiger partial charge in [0.25, 0.3) is 0 Å². The lowest BCUT2D eigenvalue weighted by molar-refractivity contribution is -0.149. The molecule has 1 saturated heterocycles. The van der Waals surface area contributed by atoms with E-state index in [1.807, 2.05) is 0 Å². The molecule has 1 rings (SSSR count). The molecule has 0 spiro atoms. The standard InChI is InChI=1S/C20H34N6O8/c21-8-2-1-4-13(19(32)26-9-3-5-14(26)20(33)34)25-18(31)12(6-7-16(28)29)24-17(30)11(22)10-15(23)27/h11-14H,1-10,21-22H2,(H2,23,27)(H,24,30)(H,25,31)(H,28,29)(H,33,34).